The number of carbonyl (C=O) groups excluding carboxylic acids is 2. The van der Waals surface area contributed by atoms with Crippen LogP contribution in [0.4, 0.5) is 0 Å². The fourth-order valence-electron chi connectivity index (χ4n) is 1.24. The Bertz CT molecular complexity index is 442. The number of esters is 1. The molecule has 0 aliphatic rings. The molecule has 0 aromatic heterocycles. The zero-order valence-corrected chi connectivity index (χ0v) is 11.3. The van der Waals surface area contributed by atoms with Gasteiger partial charge in [0.25, 0.3) is 0 Å². The molecule has 1 aromatic carbocycles. The molecule has 6 heteroatoms. The van der Waals surface area contributed by atoms with Gasteiger partial charge in [-0.15, -0.1) is 0 Å². The summed E-state index contributed by atoms with van der Waals surface area (Å²) < 4.78 is 4.84. The lowest BCUT2D eigenvalue weighted by molar-refractivity contribution is -0.123. The van der Waals surface area contributed by atoms with Crippen LogP contribution < -0.4 is 5.73 Å². The second-order valence-corrected chi connectivity index (χ2v) is 4.47. The van der Waals surface area contributed by atoms with Gasteiger partial charge in [-0.3, -0.25) is 4.79 Å². The highest BCUT2D eigenvalue weighted by Gasteiger charge is 2.19. The van der Waals surface area contributed by atoms with Crippen LogP contribution in [0.15, 0.2) is 18.2 Å². The van der Waals surface area contributed by atoms with E-state index < -0.39 is 12.0 Å². The zero-order chi connectivity index (χ0) is 13.7. The first-order valence-corrected chi connectivity index (χ1v) is 6.12. The van der Waals surface area contributed by atoms with Gasteiger partial charge in [0.2, 0.25) is 0 Å². The van der Waals surface area contributed by atoms with Gasteiger partial charge in [0.05, 0.1) is 21.7 Å². The molecular weight excluding hydrogens is 277 g/mol. The van der Waals surface area contributed by atoms with Gasteiger partial charge < -0.3 is 10.5 Å². The standard InChI is InChI=1S/C12H13Cl2NO3/c1-2-9(15)10(16)6-18-12(17)11-7(13)4-3-5-8(11)14/h3-5,9H,2,6,15H2,1H3. The molecule has 0 bridgehead atoms. The Kier molecular flexibility index (Phi) is 5.59. The summed E-state index contributed by atoms with van der Waals surface area (Å²) in [5, 5.41) is 0.361. The van der Waals surface area contributed by atoms with Crippen LogP contribution in [0.1, 0.15) is 23.7 Å². The fraction of sp³-hybridized carbons (Fsp3) is 0.333. The Hall–Kier alpha value is -1.10. The smallest absolute Gasteiger partial charge is 0.341 e. The normalized spacial score (nSPS) is 12.0. The average molecular weight is 290 g/mol. The van der Waals surface area contributed by atoms with Gasteiger partial charge in [-0.2, -0.15) is 0 Å². The van der Waals surface area contributed by atoms with Gasteiger partial charge in [-0.1, -0.05) is 36.2 Å². The van der Waals surface area contributed by atoms with Crippen LogP contribution >= 0.6 is 23.2 Å². The molecule has 4 nitrogen and oxygen atoms in total. The van der Waals surface area contributed by atoms with E-state index >= 15 is 0 Å². The van der Waals surface area contributed by atoms with Gasteiger partial charge in [0.1, 0.15) is 0 Å². The highest BCUT2D eigenvalue weighted by atomic mass is 35.5. The maximum atomic E-state index is 11.7. The summed E-state index contributed by atoms with van der Waals surface area (Å²) in [5.74, 6) is -1.07. The molecule has 0 aliphatic carbocycles. The molecule has 1 unspecified atom stereocenters. The van der Waals surface area contributed by atoms with E-state index in [0.717, 1.165) is 0 Å². The van der Waals surface area contributed by atoms with Gasteiger partial charge in [-0.25, -0.2) is 4.79 Å². The van der Waals surface area contributed by atoms with E-state index in [1.54, 1.807) is 13.0 Å². The Morgan fingerprint density at radius 2 is 1.89 bits per heavy atom. The lowest BCUT2D eigenvalue weighted by atomic mass is 10.1. The number of Topliss-reactive ketones (excluding diaryl/α,β-unsaturated/α-hetero) is 1. The van der Waals surface area contributed by atoms with Crippen LogP contribution in [0.2, 0.25) is 10.0 Å². The van der Waals surface area contributed by atoms with Crippen molar-refractivity contribution >= 4 is 35.0 Å². The number of ether oxygens (including phenoxy) is 1. The molecule has 2 N–H and O–H groups in total. The van der Waals surface area contributed by atoms with Crippen LogP contribution in [-0.4, -0.2) is 24.4 Å². The summed E-state index contributed by atoms with van der Waals surface area (Å²) in [6, 6.07) is 4.02. The quantitative estimate of drug-likeness (QED) is 0.846. The third-order valence-electron chi connectivity index (χ3n) is 2.37. The molecule has 1 aromatic rings. The first-order chi connectivity index (χ1) is 8.47. The average Bonchev–Trinajstić information content (AvgIpc) is 2.34. The molecular formula is C12H13Cl2NO3. The highest BCUT2D eigenvalue weighted by molar-refractivity contribution is 6.39. The summed E-state index contributed by atoms with van der Waals surface area (Å²) in [5.41, 5.74) is 5.56. The number of ketones is 1. The van der Waals surface area contributed by atoms with Crippen molar-refractivity contribution in [3.63, 3.8) is 0 Å². The maximum absolute atomic E-state index is 11.7. The van der Waals surface area contributed by atoms with Crippen molar-refractivity contribution in [3.8, 4) is 0 Å². The van der Waals surface area contributed by atoms with Crippen LogP contribution in [0, 0.1) is 0 Å². The lowest BCUT2D eigenvalue weighted by Crippen LogP contribution is -2.33. The number of halogens is 2. The summed E-state index contributed by atoms with van der Waals surface area (Å²) >= 11 is 11.7. The van der Waals surface area contributed by atoms with Crippen molar-refractivity contribution in [2.45, 2.75) is 19.4 Å². The van der Waals surface area contributed by atoms with Crippen LogP contribution in [-0.2, 0) is 9.53 Å². The van der Waals surface area contributed by atoms with E-state index in [9.17, 15) is 9.59 Å². The number of hydrogen-bond donors (Lipinski definition) is 1. The van der Waals surface area contributed by atoms with E-state index in [4.69, 9.17) is 33.7 Å². The minimum absolute atomic E-state index is 0.0544. The van der Waals surface area contributed by atoms with Gasteiger partial charge in [0, 0.05) is 0 Å². The molecule has 0 spiro atoms. The second kappa shape index (κ2) is 6.73. The molecule has 1 atom stereocenters. The first-order valence-electron chi connectivity index (χ1n) is 5.36. The minimum atomic E-state index is -0.734. The predicted molar refractivity (Wildman–Crippen MR) is 70.0 cm³/mol. The summed E-state index contributed by atoms with van der Waals surface area (Å²) in [4.78, 5) is 23.1. The van der Waals surface area contributed by atoms with E-state index in [1.807, 2.05) is 0 Å². The SMILES string of the molecule is CCC(N)C(=O)COC(=O)c1c(Cl)cccc1Cl. The molecule has 0 saturated carbocycles. The molecule has 0 heterocycles. The minimum Gasteiger partial charge on any atom is -0.454 e. The van der Waals surface area contributed by atoms with E-state index in [-0.39, 0.29) is 28.0 Å². The van der Waals surface area contributed by atoms with Crippen molar-refractivity contribution in [1.29, 1.82) is 0 Å². The van der Waals surface area contributed by atoms with E-state index in [1.165, 1.54) is 12.1 Å². The van der Waals surface area contributed by atoms with Crippen molar-refractivity contribution in [2.75, 3.05) is 6.61 Å². The van der Waals surface area contributed by atoms with Crippen molar-refractivity contribution in [2.24, 2.45) is 5.73 Å². The predicted octanol–water partition coefficient (Wildman–Crippen LogP) is 2.46. The zero-order valence-electron chi connectivity index (χ0n) is 9.78. The van der Waals surface area contributed by atoms with Crippen LogP contribution in [0.25, 0.3) is 0 Å². The Labute approximate surface area is 115 Å². The molecule has 98 valence electrons. The third kappa shape index (κ3) is 3.70. The van der Waals surface area contributed by atoms with Gasteiger partial charge >= 0.3 is 5.97 Å². The third-order valence-corrected chi connectivity index (χ3v) is 3.00. The number of benzene rings is 1. The number of rotatable bonds is 5. The van der Waals surface area contributed by atoms with Crippen molar-refractivity contribution in [3.05, 3.63) is 33.8 Å². The molecule has 0 radical (unpaired) electrons. The summed E-state index contributed by atoms with van der Waals surface area (Å²) in [7, 11) is 0. The van der Waals surface area contributed by atoms with Crippen LogP contribution in [0.5, 0.6) is 0 Å². The molecule has 18 heavy (non-hydrogen) atoms. The molecule has 0 aliphatic heterocycles. The molecule has 1 rings (SSSR count). The van der Waals surface area contributed by atoms with E-state index in [0.29, 0.717) is 6.42 Å². The number of nitrogens with two attached hydrogens (primary N) is 1. The topological polar surface area (TPSA) is 69.4 Å². The largest absolute Gasteiger partial charge is 0.454 e. The van der Waals surface area contributed by atoms with Crippen molar-refractivity contribution in [1.82, 2.24) is 0 Å². The first kappa shape index (κ1) is 15.0. The molecule has 0 saturated heterocycles. The number of hydrogen-bond acceptors (Lipinski definition) is 4. The Morgan fingerprint density at radius 3 is 2.39 bits per heavy atom. The van der Waals surface area contributed by atoms with Crippen LogP contribution in [0.3, 0.4) is 0 Å². The second-order valence-electron chi connectivity index (χ2n) is 3.65. The maximum Gasteiger partial charge on any atom is 0.341 e. The van der Waals surface area contributed by atoms with Gasteiger partial charge in [0.15, 0.2) is 12.4 Å². The van der Waals surface area contributed by atoms with Gasteiger partial charge in [-0.05, 0) is 18.6 Å². The molecule has 0 amide bonds. The lowest BCUT2D eigenvalue weighted by Gasteiger charge is -2.09. The monoisotopic (exact) mass is 289 g/mol. The Morgan fingerprint density at radius 1 is 1.33 bits per heavy atom. The molecule has 0 fully saturated rings. The van der Waals surface area contributed by atoms with E-state index in [2.05, 4.69) is 0 Å². The number of carbonyl (C=O) groups is 2. The summed E-state index contributed by atoms with van der Waals surface area (Å²) in [6.45, 7) is 1.39. The Balaban J connectivity index is 2.70. The highest BCUT2D eigenvalue weighted by Crippen LogP contribution is 2.24. The fourth-order valence-corrected chi connectivity index (χ4v) is 1.79. The van der Waals surface area contributed by atoms with Crippen molar-refractivity contribution < 1.29 is 14.3 Å². The summed E-state index contributed by atoms with van der Waals surface area (Å²) in [6.07, 6.45) is 0.489.